The van der Waals surface area contributed by atoms with Gasteiger partial charge >= 0.3 is 0 Å². The summed E-state index contributed by atoms with van der Waals surface area (Å²) in [5.74, 6) is 0.929. The number of hydrogen-bond acceptors (Lipinski definition) is 5. The van der Waals surface area contributed by atoms with Crippen molar-refractivity contribution in [2.45, 2.75) is 37.2 Å². The number of amides is 1. The van der Waals surface area contributed by atoms with Gasteiger partial charge in [0.1, 0.15) is 11.5 Å². The maximum atomic E-state index is 12.7. The first-order valence-corrected chi connectivity index (χ1v) is 11.1. The molecular weight excluding hydrogens is 392 g/mol. The molecule has 2 aromatic carbocycles. The van der Waals surface area contributed by atoms with Gasteiger partial charge in [-0.15, -0.1) is 0 Å². The molecular formula is C21H26N2O5S. The van der Waals surface area contributed by atoms with Crippen molar-refractivity contribution in [1.29, 1.82) is 0 Å². The largest absolute Gasteiger partial charge is 0.497 e. The molecule has 1 N–H and O–H groups in total. The Balaban J connectivity index is 1.60. The Morgan fingerprint density at radius 1 is 0.966 bits per heavy atom. The van der Waals surface area contributed by atoms with E-state index in [4.69, 9.17) is 9.47 Å². The van der Waals surface area contributed by atoms with Gasteiger partial charge in [0.2, 0.25) is 10.0 Å². The molecule has 1 aliphatic rings. The minimum Gasteiger partial charge on any atom is -0.497 e. The van der Waals surface area contributed by atoms with E-state index in [1.165, 1.54) is 16.4 Å². The number of anilines is 1. The Kier molecular flexibility index (Phi) is 6.76. The van der Waals surface area contributed by atoms with Crippen LogP contribution in [0.15, 0.2) is 53.4 Å². The van der Waals surface area contributed by atoms with Gasteiger partial charge < -0.3 is 14.8 Å². The number of benzene rings is 2. The molecule has 0 aliphatic carbocycles. The van der Waals surface area contributed by atoms with E-state index in [1.807, 2.05) is 0 Å². The van der Waals surface area contributed by atoms with Crippen LogP contribution in [0.5, 0.6) is 11.5 Å². The highest BCUT2D eigenvalue weighted by Crippen LogP contribution is 2.22. The number of piperidine rings is 1. The zero-order chi connectivity index (χ0) is 20.9. The molecule has 0 spiro atoms. The van der Waals surface area contributed by atoms with E-state index in [0.717, 1.165) is 19.3 Å². The number of carbonyl (C=O) groups excluding carboxylic acids is 1. The fraction of sp³-hybridized carbons (Fsp3) is 0.381. The van der Waals surface area contributed by atoms with Crippen LogP contribution in [0.25, 0.3) is 0 Å². The van der Waals surface area contributed by atoms with E-state index < -0.39 is 16.1 Å². The second kappa shape index (κ2) is 9.28. The van der Waals surface area contributed by atoms with E-state index in [1.54, 1.807) is 50.4 Å². The Bertz CT molecular complexity index is 921. The second-order valence-electron chi connectivity index (χ2n) is 6.91. The van der Waals surface area contributed by atoms with E-state index in [2.05, 4.69) is 5.32 Å². The van der Waals surface area contributed by atoms with Crippen LogP contribution in [-0.2, 0) is 14.8 Å². The summed E-state index contributed by atoms with van der Waals surface area (Å²) in [6.07, 6.45) is 2.12. The van der Waals surface area contributed by atoms with Crippen molar-refractivity contribution in [2.75, 3.05) is 25.5 Å². The van der Waals surface area contributed by atoms with Crippen LogP contribution >= 0.6 is 0 Å². The van der Waals surface area contributed by atoms with Gasteiger partial charge in [-0.1, -0.05) is 6.42 Å². The molecule has 3 rings (SSSR count). The smallest absolute Gasteiger partial charge is 0.265 e. The Hall–Kier alpha value is -2.58. The third-order valence-corrected chi connectivity index (χ3v) is 6.73. The Morgan fingerprint density at radius 3 is 2.14 bits per heavy atom. The summed E-state index contributed by atoms with van der Waals surface area (Å²) in [5.41, 5.74) is 0.512. The molecule has 0 saturated carbocycles. The average Bonchev–Trinajstić information content (AvgIpc) is 2.75. The highest BCUT2D eigenvalue weighted by Gasteiger charge is 2.25. The molecule has 1 saturated heterocycles. The van der Waals surface area contributed by atoms with Gasteiger partial charge in [-0.3, -0.25) is 4.79 Å². The quantitative estimate of drug-likeness (QED) is 0.746. The Morgan fingerprint density at radius 2 is 1.55 bits per heavy atom. The van der Waals surface area contributed by atoms with Crippen LogP contribution in [0.3, 0.4) is 0 Å². The molecule has 0 aromatic heterocycles. The van der Waals surface area contributed by atoms with E-state index in [9.17, 15) is 13.2 Å². The van der Waals surface area contributed by atoms with Crippen LogP contribution in [-0.4, -0.2) is 44.9 Å². The molecule has 1 aliphatic heterocycles. The molecule has 7 nitrogen and oxygen atoms in total. The zero-order valence-corrected chi connectivity index (χ0v) is 17.4. The molecule has 1 heterocycles. The molecule has 0 bridgehead atoms. The monoisotopic (exact) mass is 418 g/mol. The summed E-state index contributed by atoms with van der Waals surface area (Å²) in [6.45, 7) is 2.76. The van der Waals surface area contributed by atoms with E-state index in [0.29, 0.717) is 30.3 Å². The Labute approximate surface area is 171 Å². The maximum absolute atomic E-state index is 12.7. The molecule has 2 aromatic rings. The number of methoxy groups -OCH3 is 1. The van der Waals surface area contributed by atoms with Gasteiger partial charge in [-0.05, 0) is 68.3 Å². The standard InChI is InChI=1S/C21H26N2O5S/c1-16(28-19-10-8-18(27-2)9-11-19)21(24)22-17-6-12-20(13-7-17)29(25,26)23-14-4-3-5-15-23/h6-13,16H,3-5,14-15H2,1-2H3,(H,22,24)/t16-/m0/s1. The summed E-state index contributed by atoms with van der Waals surface area (Å²) < 4.78 is 37.6. The maximum Gasteiger partial charge on any atom is 0.265 e. The predicted octanol–water partition coefficient (Wildman–Crippen LogP) is 3.28. The number of sulfonamides is 1. The minimum atomic E-state index is -3.48. The lowest BCUT2D eigenvalue weighted by molar-refractivity contribution is -0.122. The van der Waals surface area contributed by atoms with Crippen LogP contribution in [0, 0.1) is 0 Å². The van der Waals surface area contributed by atoms with Crippen molar-refractivity contribution in [2.24, 2.45) is 0 Å². The predicted molar refractivity (Wildman–Crippen MR) is 111 cm³/mol. The molecule has 1 atom stereocenters. The van der Waals surface area contributed by atoms with Gasteiger partial charge in [0, 0.05) is 18.8 Å². The molecule has 1 fully saturated rings. The molecule has 0 radical (unpaired) electrons. The van der Waals surface area contributed by atoms with Gasteiger partial charge in [0.05, 0.1) is 12.0 Å². The van der Waals surface area contributed by atoms with Gasteiger partial charge in [0.25, 0.3) is 5.91 Å². The lowest BCUT2D eigenvalue weighted by Gasteiger charge is -2.25. The number of ether oxygens (including phenoxy) is 2. The van der Waals surface area contributed by atoms with Crippen LogP contribution < -0.4 is 14.8 Å². The highest BCUT2D eigenvalue weighted by molar-refractivity contribution is 7.89. The molecule has 29 heavy (non-hydrogen) atoms. The number of hydrogen-bond donors (Lipinski definition) is 1. The number of nitrogens with one attached hydrogen (secondary N) is 1. The van der Waals surface area contributed by atoms with Crippen molar-refractivity contribution in [1.82, 2.24) is 4.31 Å². The van der Waals surface area contributed by atoms with Crippen molar-refractivity contribution >= 4 is 21.6 Å². The third-order valence-electron chi connectivity index (χ3n) is 4.82. The fourth-order valence-electron chi connectivity index (χ4n) is 3.12. The normalized spacial score (nSPS) is 16.1. The van der Waals surface area contributed by atoms with Gasteiger partial charge in [-0.25, -0.2) is 8.42 Å². The summed E-state index contributed by atoms with van der Waals surface area (Å²) >= 11 is 0. The SMILES string of the molecule is COc1ccc(O[C@@H](C)C(=O)Nc2ccc(S(=O)(=O)N3CCCCC3)cc2)cc1. The number of rotatable bonds is 7. The van der Waals surface area contributed by atoms with Crippen LogP contribution in [0.2, 0.25) is 0 Å². The molecule has 156 valence electrons. The molecule has 8 heteroatoms. The number of nitrogens with zero attached hydrogens (tertiary/aromatic N) is 1. The molecule has 0 unspecified atom stereocenters. The highest BCUT2D eigenvalue weighted by atomic mass is 32.2. The lowest BCUT2D eigenvalue weighted by Crippen LogP contribution is -2.35. The van der Waals surface area contributed by atoms with Crippen LogP contribution in [0.1, 0.15) is 26.2 Å². The molecule has 1 amide bonds. The van der Waals surface area contributed by atoms with Crippen LogP contribution in [0.4, 0.5) is 5.69 Å². The first-order chi connectivity index (χ1) is 13.9. The fourth-order valence-corrected chi connectivity index (χ4v) is 4.64. The van der Waals surface area contributed by atoms with Crippen molar-refractivity contribution in [3.05, 3.63) is 48.5 Å². The average molecular weight is 419 g/mol. The van der Waals surface area contributed by atoms with Crippen molar-refractivity contribution in [3.8, 4) is 11.5 Å². The lowest BCUT2D eigenvalue weighted by atomic mass is 10.2. The summed E-state index contributed by atoms with van der Waals surface area (Å²) in [4.78, 5) is 12.6. The summed E-state index contributed by atoms with van der Waals surface area (Å²) in [5, 5.41) is 2.75. The van der Waals surface area contributed by atoms with Gasteiger partial charge in [-0.2, -0.15) is 4.31 Å². The third kappa shape index (κ3) is 5.27. The second-order valence-corrected chi connectivity index (χ2v) is 8.85. The summed E-state index contributed by atoms with van der Waals surface area (Å²) in [6, 6.07) is 13.2. The first kappa shape index (κ1) is 21.1. The minimum absolute atomic E-state index is 0.236. The first-order valence-electron chi connectivity index (χ1n) is 9.62. The number of carbonyl (C=O) groups is 1. The van der Waals surface area contributed by atoms with Gasteiger partial charge in [0.15, 0.2) is 6.10 Å². The van der Waals surface area contributed by atoms with E-state index >= 15 is 0 Å². The van der Waals surface area contributed by atoms with Crippen molar-refractivity contribution in [3.63, 3.8) is 0 Å². The topological polar surface area (TPSA) is 84.9 Å². The van der Waals surface area contributed by atoms with Crippen molar-refractivity contribution < 1.29 is 22.7 Å². The zero-order valence-electron chi connectivity index (χ0n) is 16.6. The van der Waals surface area contributed by atoms with E-state index in [-0.39, 0.29) is 10.8 Å². The summed E-state index contributed by atoms with van der Waals surface area (Å²) in [7, 11) is -1.91.